The largest absolute Gasteiger partial charge is 0.255 e. The highest BCUT2D eigenvalue weighted by molar-refractivity contribution is 7.89. The summed E-state index contributed by atoms with van der Waals surface area (Å²) < 4.78 is 9.92. The summed E-state index contributed by atoms with van der Waals surface area (Å²) in [4.78, 5) is 0. The predicted molar refractivity (Wildman–Crippen MR) is 22.1 cm³/mol. The zero-order valence-corrected chi connectivity index (χ0v) is 3.49. The van der Waals surface area contributed by atoms with Crippen LogP contribution in [0.4, 0.5) is 0 Å². The average Bonchev–Trinajstić information content (AvgIpc) is 1.30. The van der Waals surface area contributed by atoms with Gasteiger partial charge in [-0.15, -0.1) is 0 Å². The Bertz CT molecular complexity index is 84.9. The first-order valence-electron chi connectivity index (χ1n) is 1.43. The van der Waals surface area contributed by atoms with Crippen LogP contribution in [0.5, 0.6) is 0 Å². The summed E-state index contributed by atoms with van der Waals surface area (Å²) in [5.41, 5.74) is 0. The van der Waals surface area contributed by atoms with E-state index >= 15 is 0 Å². The molecule has 2 heteroatoms. The smallest absolute Gasteiger partial charge is 0.0491 e. The van der Waals surface area contributed by atoms with Crippen molar-refractivity contribution in [1.29, 1.82) is 0 Å². The lowest BCUT2D eigenvalue weighted by Crippen LogP contribution is -1.96. The highest BCUT2D eigenvalue weighted by Gasteiger charge is 1.95. The summed E-state index contributed by atoms with van der Waals surface area (Å²) in [5.74, 6) is 0.778. The molecule has 1 unspecified atom stereocenters. The molecule has 0 saturated carbocycles. The van der Waals surface area contributed by atoms with E-state index in [-0.39, 0.29) is 0 Å². The van der Waals surface area contributed by atoms with Crippen LogP contribution in [0.1, 0.15) is 0 Å². The van der Waals surface area contributed by atoms with E-state index in [0.717, 1.165) is 5.75 Å². The van der Waals surface area contributed by atoms with Crippen molar-refractivity contribution in [3.8, 4) is 0 Å². The van der Waals surface area contributed by atoms with Gasteiger partial charge in [-0.2, -0.15) is 0 Å². The van der Waals surface area contributed by atoms with Gasteiger partial charge in [0, 0.05) is 16.6 Å². The molecule has 1 atom stereocenters. The SMILES string of the molecule is O=S1C=CC1. The Morgan fingerprint density at radius 1 is 1.80 bits per heavy atom. The molecule has 1 heterocycles. The molecule has 0 radical (unpaired) electrons. The molecule has 1 aliphatic heterocycles. The minimum Gasteiger partial charge on any atom is -0.255 e. The molecule has 0 bridgehead atoms. The Hall–Kier alpha value is -0.110. The second-order valence-electron chi connectivity index (χ2n) is 0.919. The topological polar surface area (TPSA) is 17.1 Å². The van der Waals surface area contributed by atoms with Crippen molar-refractivity contribution in [2.75, 3.05) is 5.75 Å². The van der Waals surface area contributed by atoms with Gasteiger partial charge in [-0.3, -0.25) is 4.21 Å². The van der Waals surface area contributed by atoms with E-state index in [1.165, 1.54) is 0 Å². The second kappa shape index (κ2) is 0.937. The molecule has 1 aliphatic rings. The van der Waals surface area contributed by atoms with Crippen molar-refractivity contribution in [3.05, 3.63) is 11.5 Å². The van der Waals surface area contributed by atoms with E-state index in [2.05, 4.69) is 0 Å². The van der Waals surface area contributed by atoms with Crippen molar-refractivity contribution < 1.29 is 4.21 Å². The lowest BCUT2D eigenvalue weighted by atomic mass is 10.7. The van der Waals surface area contributed by atoms with Gasteiger partial charge in [0.15, 0.2) is 0 Å². The van der Waals surface area contributed by atoms with Gasteiger partial charge >= 0.3 is 0 Å². The van der Waals surface area contributed by atoms with E-state index in [1.54, 1.807) is 5.41 Å². The predicted octanol–water partition coefficient (Wildman–Crippen LogP) is 0.262. The average molecular weight is 88.1 g/mol. The van der Waals surface area contributed by atoms with E-state index in [9.17, 15) is 4.21 Å². The first-order valence-corrected chi connectivity index (χ1v) is 2.81. The third-order valence-corrected chi connectivity index (χ3v) is 1.53. The van der Waals surface area contributed by atoms with Crippen molar-refractivity contribution in [3.63, 3.8) is 0 Å². The van der Waals surface area contributed by atoms with Crippen LogP contribution in [-0.4, -0.2) is 9.96 Å². The molecule has 0 aliphatic carbocycles. The lowest BCUT2D eigenvalue weighted by Gasteiger charge is -1.94. The van der Waals surface area contributed by atoms with E-state index in [0.29, 0.717) is 0 Å². The molecule has 0 aromatic heterocycles. The first-order chi connectivity index (χ1) is 2.39. The summed E-state index contributed by atoms with van der Waals surface area (Å²) in [6.07, 6.45) is 1.90. The minimum atomic E-state index is -0.573. The van der Waals surface area contributed by atoms with Gasteiger partial charge in [0.25, 0.3) is 0 Å². The van der Waals surface area contributed by atoms with Crippen LogP contribution < -0.4 is 0 Å². The first kappa shape index (κ1) is 3.09. The van der Waals surface area contributed by atoms with Gasteiger partial charge in [0.05, 0.1) is 0 Å². The fourth-order valence-corrected chi connectivity index (χ4v) is 0.524. The van der Waals surface area contributed by atoms with Gasteiger partial charge < -0.3 is 0 Å². The third-order valence-electron chi connectivity index (χ3n) is 0.508. The highest BCUT2D eigenvalue weighted by atomic mass is 32.2. The van der Waals surface area contributed by atoms with Gasteiger partial charge in [0.1, 0.15) is 0 Å². The molecule has 0 amide bonds. The van der Waals surface area contributed by atoms with E-state index < -0.39 is 10.8 Å². The maximum absolute atomic E-state index is 9.92. The van der Waals surface area contributed by atoms with Gasteiger partial charge in [-0.1, -0.05) is 6.08 Å². The Kier molecular flexibility index (Phi) is 0.580. The van der Waals surface area contributed by atoms with Crippen LogP contribution >= 0.6 is 0 Å². The van der Waals surface area contributed by atoms with Gasteiger partial charge in [-0.25, -0.2) is 0 Å². The van der Waals surface area contributed by atoms with Crippen molar-refractivity contribution >= 4 is 10.8 Å². The maximum Gasteiger partial charge on any atom is 0.0491 e. The fraction of sp³-hybridized carbons (Fsp3) is 0.333. The van der Waals surface area contributed by atoms with Crippen molar-refractivity contribution in [1.82, 2.24) is 0 Å². The summed E-state index contributed by atoms with van der Waals surface area (Å²) in [6, 6.07) is 0. The van der Waals surface area contributed by atoms with Gasteiger partial charge in [-0.05, 0) is 5.41 Å². The zero-order chi connectivity index (χ0) is 3.70. The molecular weight excluding hydrogens is 84.1 g/mol. The van der Waals surface area contributed by atoms with Crippen molar-refractivity contribution in [2.45, 2.75) is 0 Å². The Balaban J connectivity index is 2.71. The number of hydrogen-bond donors (Lipinski definition) is 0. The summed E-state index contributed by atoms with van der Waals surface area (Å²) in [6.45, 7) is 0. The monoisotopic (exact) mass is 88.0 g/mol. The molecule has 5 heavy (non-hydrogen) atoms. The maximum atomic E-state index is 9.92. The second-order valence-corrected chi connectivity index (χ2v) is 2.29. The third kappa shape index (κ3) is 0.401. The molecule has 0 aromatic rings. The molecule has 0 fully saturated rings. The molecular formula is C3H4OS. The van der Waals surface area contributed by atoms with E-state index in [4.69, 9.17) is 0 Å². The molecule has 1 rings (SSSR count). The number of hydrogen-bond acceptors (Lipinski definition) is 1. The molecule has 0 N–H and O–H groups in total. The summed E-state index contributed by atoms with van der Waals surface area (Å²) >= 11 is 0. The highest BCUT2D eigenvalue weighted by Crippen LogP contribution is 1.95. The van der Waals surface area contributed by atoms with Crippen LogP contribution in [0.2, 0.25) is 0 Å². The van der Waals surface area contributed by atoms with Crippen LogP contribution in [0.3, 0.4) is 0 Å². The van der Waals surface area contributed by atoms with E-state index in [1.807, 2.05) is 6.08 Å². The Labute approximate surface area is 33.1 Å². The molecule has 1 nitrogen and oxygen atoms in total. The zero-order valence-electron chi connectivity index (χ0n) is 2.68. The summed E-state index contributed by atoms with van der Waals surface area (Å²) in [5, 5.41) is 1.69. The van der Waals surface area contributed by atoms with Crippen LogP contribution in [-0.2, 0) is 10.8 Å². The number of rotatable bonds is 0. The standard InChI is InChI=1S/C3H4OS/c4-5-2-1-3-5/h1-2H,3H2. The van der Waals surface area contributed by atoms with Crippen LogP contribution in [0.15, 0.2) is 11.5 Å². The Morgan fingerprint density at radius 2 is 2.20 bits per heavy atom. The molecule has 0 aromatic carbocycles. The minimum absolute atomic E-state index is 0.573. The Morgan fingerprint density at radius 3 is 2.20 bits per heavy atom. The van der Waals surface area contributed by atoms with Crippen LogP contribution in [0, 0.1) is 0 Å². The van der Waals surface area contributed by atoms with Gasteiger partial charge in [0.2, 0.25) is 0 Å². The lowest BCUT2D eigenvalue weighted by molar-refractivity contribution is 0.688. The quantitative estimate of drug-likeness (QED) is 0.415. The summed E-state index contributed by atoms with van der Waals surface area (Å²) in [7, 11) is -0.573. The normalized spacial score (nSPS) is 33.2. The molecule has 0 spiro atoms. The van der Waals surface area contributed by atoms with Crippen LogP contribution in [0.25, 0.3) is 0 Å². The molecule has 28 valence electrons. The molecule has 0 saturated heterocycles. The fourth-order valence-electron chi connectivity index (χ4n) is 0.175. The van der Waals surface area contributed by atoms with Crippen molar-refractivity contribution in [2.24, 2.45) is 0 Å².